The second kappa shape index (κ2) is 46.1. The van der Waals surface area contributed by atoms with E-state index in [1.807, 2.05) is 137 Å². The Kier molecular flexibility index (Phi) is 35.1. The van der Waals surface area contributed by atoms with Crippen molar-refractivity contribution in [3.05, 3.63) is 172 Å². The zero-order valence-electron chi connectivity index (χ0n) is 86.9. The molecule has 0 bridgehead atoms. The zero-order chi connectivity index (χ0) is 110. The average molecular weight is 2340 g/mol. The molecule has 0 unspecified atom stereocenters. The molecule has 0 spiro atoms. The summed E-state index contributed by atoms with van der Waals surface area (Å²) < 4.78 is 16.5. The number of amides is 10. The van der Waals surface area contributed by atoms with Gasteiger partial charge in [-0.1, -0.05) is 24.3 Å². The maximum atomic E-state index is 14.1. The van der Waals surface area contributed by atoms with Crippen molar-refractivity contribution in [3.63, 3.8) is 0 Å². The topological polar surface area (TPSA) is 548 Å². The quantitative estimate of drug-likeness (QED) is 0.0161. The number of likely N-dealkylation sites (tertiary alicyclic amines) is 3. The molecule has 4 saturated carbocycles. The number of anilines is 4. The van der Waals surface area contributed by atoms with Crippen LogP contribution in [0.15, 0.2) is 116 Å². The van der Waals surface area contributed by atoms with E-state index in [1.165, 1.54) is 51.1 Å². The summed E-state index contributed by atoms with van der Waals surface area (Å²) in [7, 11) is 0. The molecular formula is C104H123Br4ClN24O17. The molecule has 8 aromatic heterocycles. The maximum absolute atomic E-state index is 14.1. The monoisotopic (exact) mass is 2330 g/mol. The van der Waals surface area contributed by atoms with Gasteiger partial charge in [-0.3, -0.25) is 76.7 Å². The Morgan fingerprint density at radius 1 is 0.427 bits per heavy atom. The Labute approximate surface area is 905 Å². The van der Waals surface area contributed by atoms with E-state index >= 15 is 0 Å². The van der Waals surface area contributed by atoms with Crippen LogP contribution in [0.25, 0.3) is 44.1 Å². The third-order valence-corrected chi connectivity index (χ3v) is 29.2. The Bertz CT molecular complexity index is 7020. The lowest BCUT2D eigenvalue weighted by Crippen LogP contribution is -2.47. The van der Waals surface area contributed by atoms with Crippen LogP contribution >= 0.6 is 75.3 Å². The van der Waals surface area contributed by atoms with Gasteiger partial charge in [0.05, 0.1) is 17.1 Å². The van der Waals surface area contributed by atoms with Crippen molar-refractivity contribution in [1.82, 2.24) is 95.4 Å². The number of fused-ring (bicyclic) bond motifs is 6. The first kappa shape index (κ1) is 114. The number of nitrogens with zero attached hydrogens (tertiary/aromatic N) is 15. The van der Waals surface area contributed by atoms with Gasteiger partial charge in [0.2, 0.25) is 52.5 Å². The third kappa shape index (κ3) is 27.3. The highest BCUT2D eigenvalue weighted by molar-refractivity contribution is 9.11. The van der Waals surface area contributed by atoms with Gasteiger partial charge < -0.3 is 67.7 Å². The molecule has 4 saturated heterocycles. The van der Waals surface area contributed by atoms with E-state index < -0.39 is 47.5 Å². The maximum Gasteiger partial charge on any atom is 0.411 e. The number of piperidine rings is 4. The zero-order valence-corrected chi connectivity index (χ0v) is 94.0. The molecule has 12 atom stereocenters. The van der Waals surface area contributed by atoms with Crippen LogP contribution in [0.5, 0.6) is 0 Å². The van der Waals surface area contributed by atoms with E-state index in [-0.39, 0.29) is 134 Å². The molecule has 150 heavy (non-hydrogen) atoms. The highest BCUT2D eigenvalue weighted by Crippen LogP contribution is 2.62. The van der Waals surface area contributed by atoms with Crippen molar-refractivity contribution in [2.75, 3.05) is 47.4 Å². The Morgan fingerprint density at radius 3 is 1.09 bits per heavy atom. The number of pyridine rings is 4. The van der Waals surface area contributed by atoms with Gasteiger partial charge in [0.25, 0.3) is 0 Å². The number of halogens is 5. The van der Waals surface area contributed by atoms with Gasteiger partial charge in [-0.25, -0.2) is 49.5 Å². The summed E-state index contributed by atoms with van der Waals surface area (Å²) in [5, 5.41) is 42.2. The summed E-state index contributed by atoms with van der Waals surface area (Å²) in [6.07, 6.45) is 11.4. The average Bonchev–Trinajstić information content (AvgIpc) is 1.54. The number of benzene rings is 2. The first-order valence-corrected chi connectivity index (χ1v) is 52.2. The van der Waals surface area contributed by atoms with Crippen molar-refractivity contribution in [2.24, 2.45) is 27.4 Å². The van der Waals surface area contributed by atoms with Gasteiger partial charge in [0.1, 0.15) is 107 Å². The van der Waals surface area contributed by atoms with Crippen LogP contribution in [0.4, 0.5) is 32.9 Å². The number of carboxylic acids is 1. The molecule has 8 aliphatic rings. The minimum absolute atomic E-state index is 0.0260. The summed E-state index contributed by atoms with van der Waals surface area (Å²) in [5.41, 5.74) is 14.1. The number of carboxylic acid groups (broad SMARTS) is 1. The fraction of sp³-hybridized carbons (Fsp3) is 0.462. The summed E-state index contributed by atoms with van der Waals surface area (Å²) in [6.45, 7) is 35.7. The van der Waals surface area contributed by atoms with Gasteiger partial charge in [-0.2, -0.15) is 10.2 Å². The number of ketones is 2. The fourth-order valence-corrected chi connectivity index (χ4v) is 20.9. The van der Waals surface area contributed by atoms with Crippen LogP contribution in [0.1, 0.15) is 200 Å². The van der Waals surface area contributed by atoms with E-state index in [2.05, 4.69) is 168 Å². The number of nitrogens with two attached hydrogens (primary N) is 1. The smallest absolute Gasteiger partial charge is 0.411 e. The lowest BCUT2D eigenvalue weighted by atomic mass is 9.99. The number of hydrogen-bond donors (Lipinski definition) is 10. The van der Waals surface area contributed by atoms with Crippen LogP contribution in [-0.2, 0) is 70.5 Å². The number of hydrogen-bond acceptors (Lipinski definition) is 28. The molecule has 10 amide bonds. The second-order valence-corrected chi connectivity index (χ2v) is 45.3. The van der Waals surface area contributed by atoms with E-state index in [0.717, 1.165) is 81.3 Å². The van der Waals surface area contributed by atoms with Crippen LogP contribution in [0.3, 0.4) is 0 Å². The highest BCUT2D eigenvalue weighted by Gasteiger charge is 2.70. The molecule has 10 aromatic rings. The van der Waals surface area contributed by atoms with Crippen LogP contribution in [-0.4, -0.2) is 247 Å². The standard InChI is InChI=1S/C32H33BrN8O4.C20H27BrN4O4.C18H25BrN4O3.C17H16N4O3.C15H19BrN4O2.C2H3ClO/c1-16-6-7-26(33)37-30(16)38-31(45)24-10-32(15-36-20(5)43)11-25(32)41(24)27(44)14-40-29-17(2)8-21(22-12-34-19(4)35-13-22)9-23(29)28(39-40)18(3)42;1-11-6-7-15(21)23-16(11)24-17(27)13-8-20(10-22-12(2)26)9-14(20)25(13)18(28)29-19(3,4)5;1-10-5-6-13(19)21-14(10)22-15(24)11-7-18(9-20)8-12(18)23(11)16(25)26-17(2,3)4;1-9-4-12(13-6-18-11(3)19-7-13)5-14-16(10(2)22)20-21(17(9)14)8-15(23)24;1-8-3-4-12(16)19-13(8)20-14(22)10-5-15(6-11(15)18-10)7-17-9(2)21;1-2(3)4/h6-9,12-13,24-25H,10-11,14-15H2,1-5H3,(H,36,43)(H,37,38,45);6-7,13-14H,8-10H2,1-5H3,(H,22,26)(H,23,24,27);5-6,11-12H,7-9,20H2,1-4H3,(H,21,22,24);4-7H,8H2,1-3H3,(H,23,24);3-4,10-11,18H,5-7H2,1-2H3,(H,17,21)(H,19,20,22);1H3/t24-,25+,32-;13-,14+,20-;11-,12+,18-;;10-,11+,15-;/m000.0./s1. The largest absolute Gasteiger partial charge is 0.480 e. The van der Waals surface area contributed by atoms with Crippen molar-refractivity contribution < 1.29 is 81.7 Å². The van der Waals surface area contributed by atoms with Gasteiger partial charge >= 0.3 is 18.2 Å². The number of aryl methyl sites for hydroxylation is 8. The summed E-state index contributed by atoms with van der Waals surface area (Å²) in [5.74, 6) is 0.215. The molecule has 4 aliphatic carbocycles. The summed E-state index contributed by atoms with van der Waals surface area (Å²) in [6, 6.07) is 20.0. The lowest BCUT2D eigenvalue weighted by Gasteiger charge is -2.29. The number of ether oxygens (including phenoxy) is 2. The van der Waals surface area contributed by atoms with Crippen molar-refractivity contribution in [1.29, 1.82) is 0 Å². The molecular weight excluding hydrogens is 2210 g/mol. The van der Waals surface area contributed by atoms with Crippen LogP contribution < -0.4 is 48.3 Å². The van der Waals surface area contributed by atoms with Crippen LogP contribution in [0, 0.1) is 77.0 Å². The Hall–Kier alpha value is -13.0. The molecule has 796 valence electrons. The predicted molar refractivity (Wildman–Crippen MR) is 574 cm³/mol. The fourth-order valence-electron chi connectivity index (χ4n) is 19.6. The number of nitrogens with one attached hydrogen (secondary N) is 8. The van der Waals surface area contributed by atoms with E-state index in [4.69, 9.17) is 20.3 Å². The third-order valence-electron chi connectivity index (χ3n) is 27.4. The number of aromatic nitrogens is 12. The minimum atomic E-state index is -1.01. The summed E-state index contributed by atoms with van der Waals surface area (Å²) >= 11 is 17.9. The molecule has 4 aliphatic heterocycles. The van der Waals surface area contributed by atoms with E-state index in [0.29, 0.717) is 133 Å². The minimum Gasteiger partial charge on any atom is -0.480 e. The van der Waals surface area contributed by atoms with E-state index in [9.17, 15) is 67.1 Å². The van der Waals surface area contributed by atoms with Crippen molar-refractivity contribution >= 4 is 203 Å². The molecule has 11 N–H and O–H groups in total. The lowest BCUT2D eigenvalue weighted by molar-refractivity contribution is -0.138. The Balaban J connectivity index is 0.000000159. The number of carbonyl (C=O) groups is 14. The van der Waals surface area contributed by atoms with Crippen molar-refractivity contribution in [3.8, 4) is 22.3 Å². The second-order valence-electron chi connectivity index (χ2n) is 41.5. The molecule has 2 aromatic carbocycles. The highest BCUT2D eigenvalue weighted by atomic mass is 79.9. The van der Waals surface area contributed by atoms with Gasteiger partial charge in [-0.15, -0.1) is 0 Å². The van der Waals surface area contributed by atoms with Crippen LogP contribution in [0.2, 0.25) is 0 Å². The van der Waals surface area contributed by atoms with Gasteiger partial charge in [0.15, 0.2) is 11.6 Å². The first-order chi connectivity index (χ1) is 70.3. The van der Waals surface area contributed by atoms with Crippen molar-refractivity contribution in [2.45, 2.75) is 262 Å². The van der Waals surface area contributed by atoms with Gasteiger partial charge in [0, 0.05) is 160 Å². The molecule has 46 heteroatoms. The molecule has 12 heterocycles. The predicted octanol–water partition coefficient (Wildman–Crippen LogP) is 14.2. The molecule has 18 rings (SSSR count). The van der Waals surface area contributed by atoms with E-state index in [1.54, 1.807) is 72.2 Å². The Morgan fingerprint density at radius 2 is 0.747 bits per heavy atom. The number of rotatable bonds is 23. The first-order valence-electron chi connectivity index (χ1n) is 48.6. The summed E-state index contributed by atoms with van der Waals surface area (Å²) in [4.78, 5) is 210. The molecule has 41 nitrogen and oxygen atoms in total. The normalized spacial score (nSPS) is 21.8. The molecule has 0 radical (unpaired) electrons. The SMILES string of the molecule is CC(=O)Cl.CC(=O)NC[C@@]12C[C@@H](C(=O)Nc3nc(Br)ccc3C)N(C(=O)Cn3nc(C(C)=O)c4cc(-c5cnc(C)nc5)cc(C)c43)[C@@H]1C2.CC(=O)NC[C@@]12C[C@@H](C(=O)Nc3nc(Br)ccc3C)N(C(=O)OC(C)(C)C)[C@@H]1C2.CC(=O)NC[C@@]12C[C@@H](C(=O)Nc3nc(Br)ccc3C)N[C@@H]1C2.CC(=O)c1nn(CC(=O)O)c2c(C)cc(-c3cnc(C)nc3)cc12.Cc1ccc(Br)nc1NC(=O)[C@@H]1C[C@@]2(CN)C[C@H]2N1C(=O)OC(C)(C)C. The number of aliphatic carboxylic acids is 1. The molecule has 8 fully saturated rings. The van der Waals surface area contributed by atoms with Gasteiger partial charge in [-0.05, 0) is 317 Å². The number of Topliss-reactive ketones (excluding diaryl/α,β-unsaturated/α-hetero) is 2. The number of carbonyl (C=O) groups excluding carboxylic acids is 13.